The van der Waals surface area contributed by atoms with Gasteiger partial charge in [0.15, 0.2) is 0 Å². The summed E-state index contributed by atoms with van der Waals surface area (Å²) >= 11 is 0. The molecule has 31 heavy (non-hydrogen) atoms. The van der Waals surface area contributed by atoms with Crippen LogP contribution >= 0.6 is 0 Å². The molecule has 0 radical (unpaired) electrons. The molecule has 0 aromatic carbocycles. The highest BCUT2D eigenvalue weighted by Gasteiger charge is 2.44. The van der Waals surface area contributed by atoms with E-state index in [0.717, 1.165) is 5.70 Å². The first-order valence-corrected chi connectivity index (χ1v) is 11.1. The van der Waals surface area contributed by atoms with Crippen molar-refractivity contribution in [2.45, 2.75) is 5.92 Å². The Morgan fingerprint density at radius 3 is 2.39 bits per heavy atom. The number of aliphatic imine (C=N–C) groups is 1. The molecule has 0 spiro atoms. The Labute approximate surface area is 181 Å². The third-order valence-corrected chi connectivity index (χ3v) is 7.87. The van der Waals surface area contributed by atoms with E-state index in [1.54, 1.807) is 0 Å². The van der Waals surface area contributed by atoms with Crippen molar-refractivity contribution in [1.29, 1.82) is 0 Å². The summed E-state index contributed by atoms with van der Waals surface area (Å²) in [4.78, 5) is 8.49. The fourth-order valence-corrected chi connectivity index (χ4v) is 6.67. The van der Waals surface area contributed by atoms with Crippen molar-refractivity contribution >= 4 is 17.9 Å². The Kier molecular flexibility index (Phi) is 2.87. The van der Waals surface area contributed by atoms with E-state index in [1.807, 2.05) is 0 Å². The summed E-state index contributed by atoms with van der Waals surface area (Å²) in [6, 6.07) is 0. The molecule has 0 bridgehead atoms. The molecule has 2 nitrogen and oxygen atoms in total. The first kappa shape index (κ1) is 16.1. The number of H-pyrrole nitrogens is 1. The van der Waals surface area contributed by atoms with Crippen LogP contribution < -0.4 is 0 Å². The van der Waals surface area contributed by atoms with Crippen LogP contribution in [-0.4, -0.2) is 11.2 Å². The maximum atomic E-state index is 4.90. The molecule has 0 amide bonds. The topological polar surface area (TPSA) is 28.1 Å². The zero-order valence-electron chi connectivity index (χ0n) is 16.9. The Morgan fingerprint density at radius 2 is 1.55 bits per heavy atom. The van der Waals surface area contributed by atoms with Crippen LogP contribution in [0.15, 0.2) is 118 Å². The van der Waals surface area contributed by atoms with Crippen LogP contribution in [0.4, 0.5) is 0 Å². The van der Waals surface area contributed by atoms with Gasteiger partial charge in [0.05, 0.1) is 5.70 Å². The monoisotopic (exact) mass is 396 g/mol. The third-order valence-electron chi connectivity index (χ3n) is 7.87. The van der Waals surface area contributed by atoms with Gasteiger partial charge in [0, 0.05) is 52.9 Å². The Balaban J connectivity index is 1.27. The Morgan fingerprint density at radius 1 is 0.806 bits per heavy atom. The van der Waals surface area contributed by atoms with E-state index in [2.05, 4.69) is 96.4 Å². The number of fused-ring (bicyclic) bond motifs is 5. The molecule has 1 aromatic rings. The minimum atomic E-state index is 0.390. The molecule has 6 aliphatic carbocycles. The van der Waals surface area contributed by atoms with E-state index < -0.39 is 0 Å². The average Bonchev–Trinajstić information content (AvgIpc) is 3.55. The molecule has 1 aliphatic heterocycles. The molecule has 0 saturated heterocycles. The third kappa shape index (κ3) is 1.91. The molecule has 8 rings (SSSR count). The molecule has 2 heterocycles. The fourth-order valence-electron chi connectivity index (χ4n) is 6.67. The summed E-state index contributed by atoms with van der Waals surface area (Å²) in [6.45, 7) is 0. The van der Waals surface area contributed by atoms with Crippen LogP contribution in [0, 0.1) is 17.8 Å². The number of hydrogen-bond acceptors (Lipinski definition) is 1. The van der Waals surface area contributed by atoms with Crippen LogP contribution in [0.1, 0.15) is 22.7 Å². The molecule has 146 valence electrons. The first-order chi connectivity index (χ1) is 15.4. The lowest BCUT2D eigenvalue weighted by Crippen LogP contribution is -2.17. The van der Waals surface area contributed by atoms with Gasteiger partial charge in [0.2, 0.25) is 0 Å². The van der Waals surface area contributed by atoms with Gasteiger partial charge in [-0.25, -0.2) is 0 Å². The average molecular weight is 396 g/mol. The van der Waals surface area contributed by atoms with Gasteiger partial charge in [-0.3, -0.25) is 4.99 Å². The number of rotatable bonds is 1. The van der Waals surface area contributed by atoms with Crippen LogP contribution in [0.2, 0.25) is 0 Å². The van der Waals surface area contributed by atoms with Gasteiger partial charge in [-0.05, 0) is 39.5 Å². The molecule has 2 heteroatoms. The van der Waals surface area contributed by atoms with E-state index >= 15 is 0 Å². The lowest BCUT2D eigenvalue weighted by molar-refractivity contribution is 0.623. The van der Waals surface area contributed by atoms with Crippen LogP contribution in [0.3, 0.4) is 0 Å². The van der Waals surface area contributed by atoms with E-state index in [1.165, 1.54) is 50.3 Å². The van der Waals surface area contributed by atoms with Crippen molar-refractivity contribution in [1.82, 2.24) is 4.98 Å². The number of aromatic amines is 1. The number of aromatic nitrogens is 1. The largest absolute Gasteiger partial charge is 0.361 e. The van der Waals surface area contributed by atoms with Gasteiger partial charge in [-0.15, -0.1) is 0 Å². The van der Waals surface area contributed by atoms with Crippen molar-refractivity contribution < 1.29 is 0 Å². The number of allylic oxidation sites excluding steroid dienone is 18. The molecule has 4 unspecified atom stereocenters. The smallest absolute Gasteiger partial charge is 0.0695 e. The lowest BCUT2D eigenvalue weighted by Gasteiger charge is -2.27. The highest BCUT2D eigenvalue weighted by atomic mass is 14.8. The van der Waals surface area contributed by atoms with Gasteiger partial charge < -0.3 is 4.98 Å². The minimum Gasteiger partial charge on any atom is -0.361 e. The maximum absolute atomic E-state index is 4.90. The van der Waals surface area contributed by atoms with Gasteiger partial charge >= 0.3 is 0 Å². The van der Waals surface area contributed by atoms with E-state index in [-0.39, 0.29) is 0 Å². The van der Waals surface area contributed by atoms with Crippen molar-refractivity contribution in [3.8, 4) is 0 Å². The number of nitrogens with one attached hydrogen (secondary N) is 1. The molecular weight excluding hydrogens is 376 g/mol. The van der Waals surface area contributed by atoms with E-state index in [0.29, 0.717) is 23.7 Å². The second-order valence-corrected chi connectivity index (χ2v) is 9.22. The second-order valence-electron chi connectivity index (χ2n) is 9.22. The summed E-state index contributed by atoms with van der Waals surface area (Å²) in [5.41, 5.74) is 13.6. The summed E-state index contributed by atoms with van der Waals surface area (Å²) in [6.07, 6.45) is 33.7. The quantitative estimate of drug-likeness (QED) is 0.591. The SMILES string of the molecule is C1=CC2=CC=CC3C4=C(C=N/C4=C\c4[nH]cc5c4C4C=CC=C6C=CC=C5C64)C(=C1)C23. The second kappa shape index (κ2) is 5.53. The van der Waals surface area contributed by atoms with Crippen molar-refractivity contribution in [3.05, 3.63) is 129 Å². The Bertz CT molecular complexity index is 1430. The molecule has 1 N–H and O–H groups in total. The molecule has 4 atom stereocenters. The summed E-state index contributed by atoms with van der Waals surface area (Å²) in [7, 11) is 0. The predicted octanol–water partition coefficient (Wildman–Crippen LogP) is 6.14. The normalized spacial score (nSPS) is 33.2. The number of hydrogen-bond donors (Lipinski definition) is 1. The molecule has 0 saturated carbocycles. The minimum absolute atomic E-state index is 0.390. The molecule has 7 aliphatic rings. The van der Waals surface area contributed by atoms with E-state index in [4.69, 9.17) is 4.99 Å². The van der Waals surface area contributed by atoms with Gasteiger partial charge in [-0.2, -0.15) is 0 Å². The molecular formula is C29H20N2. The van der Waals surface area contributed by atoms with Gasteiger partial charge in [-0.1, -0.05) is 72.9 Å². The van der Waals surface area contributed by atoms with Crippen LogP contribution in [0.25, 0.3) is 11.6 Å². The molecule has 0 fully saturated rings. The van der Waals surface area contributed by atoms with Crippen LogP contribution in [-0.2, 0) is 0 Å². The van der Waals surface area contributed by atoms with Crippen molar-refractivity contribution in [2.24, 2.45) is 22.7 Å². The standard InChI is InChI=1S/C29H20N2/c1-5-16-7-3-11-20-26(16)18(9-1)22-14-30-24(28(20)22)13-25-29-21-12-4-8-17-6-2-10-19(27(17)21)23(29)15-31-25/h1-15,20-21,26-27,30H/b25-13-. The highest BCUT2D eigenvalue weighted by Crippen LogP contribution is 2.56. The van der Waals surface area contributed by atoms with Gasteiger partial charge in [0.1, 0.15) is 0 Å². The van der Waals surface area contributed by atoms with Crippen molar-refractivity contribution in [3.63, 3.8) is 0 Å². The summed E-state index contributed by atoms with van der Waals surface area (Å²) in [5, 5.41) is 0. The van der Waals surface area contributed by atoms with Crippen molar-refractivity contribution in [2.75, 3.05) is 0 Å². The van der Waals surface area contributed by atoms with E-state index in [9.17, 15) is 0 Å². The fraction of sp³-hybridized carbons (Fsp3) is 0.138. The zero-order valence-corrected chi connectivity index (χ0v) is 16.9. The zero-order chi connectivity index (χ0) is 20.1. The van der Waals surface area contributed by atoms with Gasteiger partial charge in [0.25, 0.3) is 0 Å². The first-order valence-electron chi connectivity index (χ1n) is 11.1. The maximum Gasteiger partial charge on any atom is 0.0695 e. The predicted molar refractivity (Wildman–Crippen MR) is 126 cm³/mol. The molecule has 1 aromatic heterocycles. The summed E-state index contributed by atoms with van der Waals surface area (Å²) in [5.74, 6) is 1.72. The summed E-state index contributed by atoms with van der Waals surface area (Å²) < 4.78 is 0. The lowest BCUT2D eigenvalue weighted by atomic mass is 9.77. The van der Waals surface area contributed by atoms with Crippen LogP contribution in [0.5, 0.6) is 0 Å². The highest BCUT2D eigenvalue weighted by molar-refractivity contribution is 5.97. The number of nitrogens with zero attached hydrogens (tertiary/aromatic N) is 1. The Hall–Kier alpha value is -3.65.